The van der Waals surface area contributed by atoms with E-state index in [1.54, 1.807) is 24.3 Å². The van der Waals surface area contributed by atoms with Crippen molar-refractivity contribution in [2.24, 2.45) is 5.41 Å². The number of benzene rings is 2. The Morgan fingerprint density at radius 3 is 2.23 bits per heavy atom. The molecule has 2 aliphatic heterocycles. The lowest BCUT2D eigenvalue weighted by atomic mass is 9.76. The summed E-state index contributed by atoms with van der Waals surface area (Å²) in [5.74, 6) is 0.207. The fourth-order valence-corrected chi connectivity index (χ4v) is 6.07. The molecule has 0 radical (unpaired) electrons. The molecule has 0 N–H and O–H groups in total. The van der Waals surface area contributed by atoms with Gasteiger partial charge in [0.05, 0.1) is 24.7 Å². The van der Waals surface area contributed by atoms with E-state index in [1.165, 1.54) is 16.4 Å². The standard InChI is InChI=1S/C26H33FN2O5S/c1-2-21-3-9-24(10-4-21)35(31,32)29-13-11-26(12-14-29,19-25(30)28-15-17-33-18-16-28)20-34-23-7-5-22(27)6-8-23/h3-10H,2,11-20H2,1H3. The zero-order chi connectivity index (χ0) is 24.9. The number of amides is 1. The summed E-state index contributed by atoms with van der Waals surface area (Å²) in [5, 5.41) is 0. The lowest BCUT2D eigenvalue weighted by Crippen LogP contribution is -2.49. The molecule has 2 fully saturated rings. The zero-order valence-corrected chi connectivity index (χ0v) is 20.9. The minimum Gasteiger partial charge on any atom is -0.493 e. The molecule has 2 saturated heterocycles. The normalized spacial score (nSPS) is 18.9. The number of piperidine rings is 1. The monoisotopic (exact) mass is 504 g/mol. The molecule has 1 amide bonds. The smallest absolute Gasteiger partial charge is 0.243 e. The van der Waals surface area contributed by atoms with Crippen LogP contribution in [0.15, 0.2) is 53.4 Å². The van der Waals surface area contributed by atoms with Gasteiger partial charge in [0.25, 0.3) is 0 Å². The van der Waals surface area contributed by atoms with E-state index in [4.69, 9.17) is 9.47 Å². The fourth-order valence-electron chi connectivity index (χ4n) is 4.63. The lowest BCUT2D eigenvalue weighted by Gasteiger charge is -2.41. The molecular weight excluding hydrogens is 471 g/mol. The van der Waals surface area contributed by atoms with Crippen molar-refractivity contribution in [3.63, 3.8) is 0 Å². The highest BCUT2D eigenvalue weighted by Crippen LogP contribution is 2.38. The van der Waals surface area contributed by atoms with E-state index in [1.807, 2.05) is 24.0 Å². The molecular formula is C26H33FN2O5S. The Morgan fingerprint density at radius 2 is 1.63 bits per heavy atom. The highest BCUT2D eigenvalue weighted by atomic mass is 32.2. The van der Waals surface area contributed by atoms with Gasteiger partial charge in [-0.1, -0.05) is 19.1 Å². The van der Waals surface area contributed by atoms with Crippen molar-refractivity contribution in [1.82, 2.24) is 9.21 Å². The van der Waals surface area contributed by atoms with Gasteiger partial charge in [-0.05, 0) is 61.2 Å². The molecule has 7 nitrogen and oxygen atoms in total. The minimum absolute atomic E-state index is 0.0301. The number of aryl methyl sites for hydroxylation is 1. The molecule has 0 aliphatic carbocycles. The zero-order valence-electron chi connectivity index (χ0n) is 20.1. The Morgan fingerprint density at radius 1 is 1.00 bits per heavy atom. The van der Waals surface area contributed by atoms with Gasteiger partial charge in [-0.25, -0.2) is 12.8 Å². The molecule has 2 aromatic carbocycles. The third kappa shape index (κ3) is 6.20. The molecule has 0 saturated carbocycles. The summed E-state index contributed by atoms with van der Waals surface area (Å²) >= 11 is 0. The first-order valence-corrected chi connectivity index (χ1v) is 13.6. The van der Waals surface area contributed by atoms with E-state index in [9.17, 15) is 17.6 Å². The van der Waals surface area contributed by atoms with Gasteiger partial charge in [-0.2, -0.15) is 4.31 Å². The van der Waals surface area contributed by atoms with E-state index in [-0.39, 0.29) is 29.6 Å². The molecule has 0 bridgehead atoms. The van der Waals surface area contributed by atoms with Crippen molar-refractivity contribution in [3.05, 3.63) is 59.9 Å². The molecule has 2 aliphatic rings. The average molecular weight is 505 g/mol. The fraction of sp³-hybridized carbons (Fsp3) is 0.500. The first-order valence-electron chi connectivity index (χ1n) is 12.1. The van der Waals surface area contributed by atoms with Gasteiger partial charge in [0.15, 0.2) is 0 Å². The van der Waals surface area contributed by atoms with Crippen LogP contribution in [0, 0.1) is 11.2 Å². The number of hydrogen-bond donors (Lipinski definition) is 0. The third-order valence-electron chi connectivity index (χ3n) is 7.00. The van der Waals surface area contributed by atoms with Crippen molar-refractivity contribution in [3.8, 4) is 5.75 Å². The van der Waals surface area contributed by atoms with Crippen LogP contribution >= 0.6 is 0 Å². The largest absolute Gasteiger partial charge is 0.493 e. The second kappa shape index (κ2) is 11.1. The number of nitrogens with zero attached hydrogens (tertiary/aromatic N) is 2. The van der Waals surface area contributed by atoms with Crippen LogP contribution in [0.4, 0.5) is 4.39 Å². The molecule has 9 heteroatoms. The molecule has 0 unspecified atom stereocenters. The van der Waals surface area contributed by atoms with Crippen molar-refractivity contribution in [2.75, 3.05) is 46.0 Å². The Hall–Kier alpha value is -2.49. The van der Waals surface area contributed by atoms with Gasteiger partial charge in [0, 0.05) is 38.0 Å². The summed E-state index contributed by atoms with van der Waals surface area (Å²) in [7, 11) is -3.62. The third-order valence-corrected chi connectivity index (χ3v) is 8.91. The number of sulfonamides is 1. The summed E-state index contributed by atoms with van der Waals surface area (Å²) in [5.41, 5.74) is 0.572. The summed E-state index contributed by atoms with van der Waals surface area (Å²) in [6.07, 6.45) is 2.11. The van der Waals surface area contributed by atoms with Crippen LogP contribution in [0.1, 0.15) is 31.7 Å². The average Bonchev–Trinajstić information content (AvgIpc) is 2.89. The number of carbonyl (C=O) groups is 1. The molecule has 2 aromatic rings. The summed E-state index contributed by atoms with van der Waals surface area (Å²) < 4.78 is 52.7. The van der Waals surface area contributed by atoms with E-state index in [2.05, 4.69) is 0 Å². The SMILES string of the molecule is CCc1ccc(S(=O)(=O)N2CCC(COc3ccc(F)cc3)(CC(=O)N3CCOCC3)CC2)cc1. The van der Waals surface area contributed by atoms with Crippen LogP contribution < -0.4 is 4.74 Å². The van der Waals surface area contributed by atoms with Gasteiger partial charge in [0.1, 0.15) is 11.6 Å². The molecule has 2 heterocycles. The van der Waals surface area contributed by atoms with Gasteiger partial charge in [-0.3, -0.25) is 4.79 Å². The van der Waals surface area contributed by atoms with Crippen LogP contribution in [0.5, 0.6) is 5.75 Å². The maximum atomic E-state index is 13.3. The van der Waals surface area contributed by atoms with Crippen molar-refractivity contribution < 1.29 is 27.1 Å². The number of halogens is 1. The minimum atomic E-state index is -3.62. The number of morpholine rings is 1. The number of ether oxygens (including phenoxy) is 2. The maximum absolute atomic E-state index is 13.3. The number of hydrogen-bond acceptors (Lipinski definition) is 5. The predicted molar refractivity (Wildman–Crippen MR) is 130 cm³/mol. The molecule has 0 atom stereocenters. The summed E-state index contributed by atoms with van der Waals surface area (Å²) in [4.78, 5) is 15.2. The van der Waals surface area contributed by atoms with Gasteiger partial charge < -0.3 is 14.4 Å². The molecule has 0 spiro atoms. The molecule has 35 heavy (non-hydrogen) atoms. The quantitative estimate of drug-likeness (QED) is 0.550. The highest BCUT2D eigenvalue weighted by Gasteiger charge is 2.41. The van der Waals surface area contributed by atoms with Crippen LogP contribution in [-0.2, 0) is 26.0 Å². The van der Waals surface area contributed by atoms with Gasteiger partial charge >= 0.3 is 0 Å². The summed E-state index contributed by atoms with van der Waals surface area (Å²) in [6, 6.07) is 12.8. The maximum Gasteiger partial charge on any atom is 0.243 e. The Balaban J connectivity index is 1.48. The predicted octanol–water partition coefficient (Wildman–Crippen LogP) is 3.49. The molecule has 190 valence electrons. The van der Waals surface area contributed by atoms with Crippen molar-refractivity contribution in [1.29, 1.82) is 0 Å². The van der Waals surface area contributed by atoms with Crippen LogP contribution in [0.2, 0.25) is 0 Å². The molecule has 0 aromatic heterocycles. The van der Waals surface area contributed by atoms with E-state index < -0.39 is 15.4 Å². The van der Waals surface area contributed by atoms with E-state index >= 15 is 0 Å². The Bertz CT molecular complexity index is 1090. The van der Waals surface area contributed by atoms with Crippen LogP contribution in [-0.4, -0.2) is 69.5 Å². The lowest BCUT2D eigenvalue weighted by molar-refractivity contribution is -0.139. The Labute approximate surface area is 206 Å². The van der Waals surface area contributed by atoms with Gasteiger partial charge in [0.2, 0.25) is 15.9 Å². The number of rotatable bonds is 8. The number of carbonyl (C=O) groups excluding carboxylic acids is 1. The second-order valence-corrected chi connectivity index (χ2v) is 11.3. The topological polar surface area (TPSA) is 76.2 Å². The van der Waals surface area contributed by atoms with E-state index in [0.29, 0.717) is 58.0 Å². The molecule has 4 rings (SSSR count). The Kier molecular flexibility index (Phi) is 8.09. The van der Waals surface area contributed by atoms with Crippen molar-refractivity contribution in [2.45, 2.75) is 37.5 Å². The second-order valence-electron chi connectivity index (χ2n) is 9.31. The first kappa shape index (κ1) is 25.6. The van der Waals surface area contributed by atoms with Gasteiger partial charge in [-0.15, -0.1) is 0 Å². The van der Waals surface area contributed by atoms with Crippen molar-refractivity contribution >= 4 is 15.9 Å². The first-order chi connectivity index (χ1) is 16.8. The van der Waals surface area contributed by atoms with Crippen LogP contribution in [0.3, 0.4) is 0 Å². The van der Waals surface area contributed by atoms with E-state index in [0.717, 1.165) is 12.0 Å². The highest BCUT2D eigenvalue weighted by molar-refractivity contribution is 7.89. The summed E-state index contributed by atoms with van der Waals surface area (Å²) in [6.45, 7) is 5.06. The van der Waals surface area contributed by atoms with Crippen LogP contribution in [0.25, 0.3) is 0 Å².